The van der Waals surface area contributed by atoms with Crippen molar-refractivity contribution in [3.05, 3.63) is 295 Å². The predicted octanol–water partition coefficient (Wildman–Crippen LogP) is 20.9. The molecule has 0 saturated heterocycles. The molecule has 14 aromatic rings. The van der Waals surface area contributed by atoms with Crippen molar-refractivity contribution in [3.8, 4) is 112 Å². The van der Waals surface area contributed by atoms with Crippen LogP contribution in [-0.2, 0) is 20.1 Å². The molecule has 0 bridgehead atoms. The molecule has 418 valence electrons. The fraction of sp³-hybridized carbons (Fsp3) is 0.0260. The van der Waals surface area contributed by atoms with Gasteiger partial charge >= 0.3 is 20.1 Å². The number of halogens is 6. The van der Waals surface area contributed by atoms with E-state index in [1.807, 2.05) is 80.7 Å². The van der Waals surface area contributed by atoms with E-state index >= 15 is 17.6 Å². The summed E-state index contributed by atoms with van der Waals surface area (Å²) in [5, 5.41) is 6.81. The number of aromatic nitrogens is 3. The molecule has 10 heteroatoms. The zero-order valence-electron chi connectivity index (χ0n) is 46.4. The van der Waals surface area contributed by atoms with Crippen molar-refractivity contribution in [2.45, 2.75) is 13.8 Å². The normalized spacial score (nSPS) is 11.4. The molecule has 0 radical (unpaired) electrons. The summed E-state index contributed by atoms with van der Waals surface area (Å²) in [6.07, 6.45) is 5.07. The van der Waals surface area contributed by atoms with Crippen LogP contribution >= 0.6 is 0 Å². The molecule has 0 aliphatic rings. The molecular formula is C77H44F6IrN3. The van der Waals surface area contributed by atoms with Crippen LogP contribution < -0.4 is 0 Å². The molecule has 0 spiro atoms. The van der Waals surface area contributed by atoms with Gasteiger partial charge in [0.25, 0.3) is 0 Å². The van der Waals surface area contributed by atoms with Gasteiger partial charge < -0.3 is 15.0 Å². The summed E-state index contributed by atoms with van der Waals surface area (Å²) in [6.45, 7) is 3.67. The molecule has 3 heterocycles. The summed E-state index contributed by atoms with van der Waals surface area (Å²) in [5.41, 5.74) is 12.8. The van der Waals surface area contributed by atoms with Gasteiger partial charge in [-0.15, -0.1) is 60.2 Å². The first-order chi connectivity index (χ1) is 41.9. The molecule has 0 atom stereocenters. The summed E-state index contributed by atoms with van der Waals surface area (Å²) >= 11 is 0. The number of nitrogens with zero attached hydrogens (tertiary/aromatic N) is 3. The summed E-state index contributed by atoms with van der Waals surface area (Å²) in [5.74, 6) is -4.21. The quantitative estimate of drug-likeness (QED) is 0.0778. The van der Waals surface area contributed by atoms with Crippen molar-refractivity contribution >= 4 is 32.3 Å². The summed E-state index contributed by atoms with van der Waals surface area (Å²) in [6, 6.07) is 72.0. The van der Waals surface area contributed by atoms with Crippen molar-refractivity contribution in [1.29, 1.82) is 0 Å². The van der Waals surface area contributed by atoms with Gasteiger partial charge in [-0.3, -0.25) is 17.6 Å². The van der Waals surface area contributed by atoms with E-state index in [4.69, 9.17) is 4.98 Å². The van der Waals surface area contributed by atoms with E-state index in [0.29, 0.717) is 61.2 Å². The predicted molar refractivity (Wildman–Crippen MR) is 332 cm³/mol. The molecule has 3 aromatic heterocycles. The second kappa shape index (κ2) is 23.0. The first kappa shape index (κ1) is 56.0. The summed E-state index contributed by atoms with van der Waals surface area (Å²) in [7, 11) is 0. The van der Waals surface area contributed by atoms with Crippen LogP contribution in [0.25, 0.3) is 144 Å². The minimum Gasteiger partial charge on any atom is -0.304 e. The van der Waals surface area contributed by atoms with Crippen LogP contribution in [0.2, 0.25) is 0 Å². The number of hydrogen-bond donors (Lipinski definition) is 0. The van der Waals surface area contributed by atoms with Gasteiger partial charge in [0.15, 0.2) is 0 Å². The second-order valence-corrected chi connectivity index (χ2v) is 21.3. The molecule has 0 fully saturated rings. The maximum Gasteiger partial charge on any atom is 3.00 e. The molecule has 0 unspecified atom stereocenters. The van der Waals surface area contributed by atoms with Crippen molar-refractivity contribution in [1.82, 2.24) is 15.0 Å². The van der Waals surface area contributed by atoms with Crippen LogP contribution in [0.15, 0.2) is 231 Å². The first-order valence-corrected chi connectivity index (χ1v) is 27.7. The molecule has 87 heavy (non-hydrogen) atoms. The zero-order chi connectivity index (χ0) is 58.7. The minimum atomic E-state index is -0.816. The maximum absolute atomic E-state index is 16.1. The monoisotopic (exact) mass is 1320 g/mol. The van der Waals surface area contributed by atoms with Gasteiger partial charge in [-0.1, -0.05) is 139 Å². The van der Waals surface area contributed by atoms with Crippen LogP contribution in [0.3, 0.4) is 0 Å². The topological polar surface area (TPSA) is 38.7 Å². The van der Waals surface area contributed by atoms with Gasteiger partial charge in [-0.2, -0.15) is 0 Å². The van der Waals surface area contributed by atoms with E-state index in [1.165, 1.54) is 29.7 Å². The van der Waals surface area contributed by atoms with Crippen LogP contribution in [0.4, 0.5) is 26.3 Å². The number of pyridine rings is 3. The van der Waals surface area contributed by atoms with Crippen LogP contribution in [0.5, 0.6) is 0 Å². The Morgan fingerprint density at radius 2 is 0.736 bits per heavy atom. The molecule has 3 nitrogen and oxygen atoms in total. The number of rotatable bonds is 10. The maximum atomic E-state index is 16.1. The third-order valence-electron chi connectivity index (χ3n) is 16.0. The fourth-order valence-electron chi connectivity index (χ4n) is 12.0. The van der Waals surface area contributed by atoms with Crippen LogP contribution in [-0.4, -0.2) is 15.0 Å². The average Bonchev–Trinajstić information content (AvgIpc) is 0.881. The van der Waals surface area contributed by atoms with Crippen molar-refractivity contribution in [3.63, 3.8) is 0 Å². The molecule has 0 amide bonds. The van der Waals surface area contributed by atoms with E-state index < -0.39 is 34.9 Å². The smallest absolute Gasteiger partial charge is 0.304 e. The Morgan fingerprint density at radius 1 is 0.299 bits per heavy atom. The van der Waals surface area contributed by atoms with Crippen LogP contribution in [0, 0.1) is 66.9 Å². The molecular weight excluding hydrogens is 1270 g/mol. The van der Waals surface area contributed by atoms with E-state index in [9.17, 15) is 8.78 Å². The van der Waals surface area contributed by atoms with Crippen molar-refractivity contribution in [2.75, 3.05) is 0 Å². The third-order valence-corrected chi connectivity index (χ3v) is 16.0. The summed E-state index contributed by atoms with van der Waals surface area (Å²) < 4.78 is 90.6. The van der Waals surface area contributed by atoms with Gasteiger partial charge in [-0.05, 0) is 184 Å². The molecule has 0 saturated carbocycles. The van der Waals surface area contributed by atoms with E-state index in [1.54, 1.807) is 36.7 Å². The molecule has 11 aromatic carbocycles. The third kappa shape index (κ3) is 10.5. The first-order valence-electron chi connectivity index (χ1n) is 27.7. The Kier molecular flexibility index (Phi) is 14.8. The summed E-state index contributed by atoms with van der Waals surface area (Å²) in [4.78, 5) is 14.4. The number of aryl methyl sites for hydroxylation is 2. The Morgan fingerprint density at radius 3 is 1.24 bits per heavy atom. The van der Waals surface area contributed by atoms with E-state index in [-0.39, 0.29) is 42.6 Å². The Balaban J connectivity index is 0.00000700. The second-order valence-electron chi connectivity index (χ2n) is 21.3. The largest absolute Gasteiger partial charge is 3.00 e. The Labute approximate surface area is 511 Å². The molecule has 14 rings (SSSR count). The van der Waals surface area contributed by atoms with Gasteiger partial charge in [-0.25, -0.2) is 8.78 Å². The SMILES string of the molecule is Cc1cc(-c2[c-]cc(F)cc2F)ncc1-c1ccc(F)cc1-c1cc(-c2cc(F)ccc2-c2cnc(-c3[c-]cc(F)cc3F)cc2C)cc(-c2ccccc2-c2cnc(-c3[c-]cccc3)cc2-c2ccc3c4ccccc4c4ccccc4c3c2)c1.[Ir+3]. The average molecular weight is 1320 g/mol. The minimum absolute atomic E-state index is 0. The fourth-order valence-corrected chi connectivity index (χ4v) is 12.0. The van der Waals surface area contributed by atoms with Crippen LogP contribution in [0.1, 0.15) is 11.1 Å². The van der Waals surface area contributed by atoms with E-state index in [0.717, 1.165) is 90.3 Å². The van der Waals surface area contributed by atoms with E-state index in [2.05, 4.69) is 107 Å². The molecule has 0 N–H and O–H groups in total. The number of fused-ring (bicyclic) bond motifs is 6. The van der Waals surface area contributed by atoms with Crippen molar-refractivity contribution < 1.29 is 46.4 Å². The number of hydrogen-bond acceptors (Lipinski definition) is 3. The van der Waals surface area contributed by atoms with Gasteiger partial charge in [0.1, 0.15) is 11.6 Å². The number of benzene rings is 11. The van der Waals surface area contributed by atoms with Gasteiger partial charge in [0, 0.05) is 58.5 Å². The zero-order valence-corrected chi connectivity index (χ0v) is 48.8. The van der Waals surface area contributed by atoms with Crippen molar-refractivity contribution in [2.24, 2.45) is 0 Å². The standard InChI is InChI=1S/C77H44F6N3.Ir/c1-44-30-76(64-28-23-53(80)38-73(64)82)85-41-70(44)62-26-21-51(78)36-66(62)49-32-48(33-50(34-49)67-37-52(79)22-27-63(67)71-42-86-77(31-45(71)2)65-29-24-54(81)39-74(65)83)55-14-6-7-15-56(55)72-43-84-75(46-12-4-3-5-13-46)40-68(72)47-20-25-61-59-18-9-8-16-57(59)58-17-10-11-19-60(58)69(61)35-47;/h3-12,14-27,30-43H,1-2H3;/q-3;+3. The Hall–Kier alpha value is -10.1. The van der Waals surface area contributed by atoms with Gasteiger partial charge in [0.05, 0.1) is 0 Å². The molecule has 0 aliphatic carbocycles. The molecule has 0 aliphatic heterocycles. The Bertz CT molecular complexity index is 4860. The van der Waals surface area contributed by atoms with Gasteiger partial charge in [0.2, 0.25) is 0 Å².